The number of nitrogens with one attached hydrogen (secondary N) is 3. The lowest BCUT2D eigenvalue weighted by Gasteiger charge is -2.14. The molecule has 0 aliphatic carbocycles. The number of aryl methyl sites for hydroxylation is 1. The molecule has 88 valence electrons. The molecule has 1 aliphatic heterocycles. The van der Waals surface area contributed by atoms with Gasteiger partial charge >= 0.3 is 0 Å². The van der Waals surface area contributed by atoms with Gasteiger partial charge in [-0.1, -0.05) is 0 Å². The summed E-state index contributed by atoms with van der Waals surface area (Å²) in [6, 6.07) is 0.283. The van der Waals surface area contributed by atoms with E-state index in [-0.39, 0.29) is 17.9 Å². The summed E-state index contributed by atoms with van der Waals surface area (Å²) in [7, 11) is 0. The highest BCUT2D eigenvalue weighted by molar-refractivity contribution is 5.79. The summed E-state index contributed by atoms with van der Waals surface area (Å²) in [6.07, 6.45) is 2.68. The van der Waals surface area contributed by atoms with Crippen molar-refractivity contribution in [1.29, 1.82) is 0 Å². The highest BCUT2D eigenvalue weighted by Gasteiger charge is 2.28. The molecule has 0 spiro atoms. The number of aromatic amines is 1. The van der Waals surface area contributed by atoms with E-state index in [9.17, 15) is 4.79 Å². The van der Waals surface area contributed by atoms with Gasteiger partial charge in [0.15, 0.2) is 0 Å². The number of hydrogen-bond acceptors (Lipinski definition) is 3. The van der Waals surface area contributed by atoms with E-state index in [1.165, 1.54) is 0 Å². The molecule has 0 aromatic carbocycles. The summed E-state index contributed by atoms with van der Waals surface area (Å²) in [6.45, 7) is 5.50. The summed E-state index contributed by atoms with van der Waals surface area (Å²) in [5, 5.41) is 13.0. The zero-order valence-electron chi connectivity index (χ0n) is 9.71. The number of hydrogen-bond donors (Lipinski definition) is 3. The van der Waals surface area contributed by atoms with Gasteiger partial charge in [-0.2, -0.15) is 5.10 Å². The Morgan fingerprint density at radius 2 is 2.50 bits per heavy atom. The van der Waals surface area contributed by atoms with Gasteiger partial charge in [0.25, 0.3) is 0 Å². The maximum Gasteiger partial charge on any atom is 0.224 e. The molecule has 16 heavy (non-hydrogen) atoms. The monoisotopic (exact) mass is 222 g/mol. The van der Waals surface area contributed by atoms with Gasteiger partial charge in [0, 0.05) is 23.8 Å². The number of carbonyl (C=O) groups is 1. The topological polar surface area (TPSA) is 69.8 Å². The molecule has 1 saturated heterocycles. The van der Waals surface area contributed by atoms with Crippen molar-refractivity contribution in [2.24, 2.45) is 5.92 Å². The van der Waals surface area contributed by atoms with Gasteiger partial charge in [0.05, 0.1) is 12.1 Å². The second-order valence-corrected chi connectivity index (χ2v) is 4.38. The summed E-state index contributed by atoms with van der Waals surface area (Å²) < 4.78 is 0. The minimum Gasteiger partial charge on any atom is -0.352 e. The fourth-order valence-electron chi connectivity index (χ4n) is 2.08. The molecular weight excluding hydrogens is 204 g/mol. The Hall–Kier alpha value is -1.36. The predicted octanol–water partition coefficient (Wildman–Crippen LogP) is 0.332. The number of aromatic nitrogens is 2. The molecule has 2 rings (SSSR count). The van der Waals surface area contributed by atoms with Crippen LogP contribution in [-0.4, -0.2) is 28.7 Å². The van der Waals surface area contributed by atoms with Crippen molar-refractivity contribution >= 4 is 5.91 Å². The van der Waals surface area contributed by atoms with Crippen LogP contribution in [0.15, 0.2) is 6.20 Å². The van der Waals surface area contributed by atoms with Crippen LogP contribution in [0.1, 0.15) is 24.6 Å². The van der Waals surface area contributed by atoms with E-state index in [1.54, 1.807) is 6.20 Å². The molecule has 1 amide bonds. The van der Waals surface area contributed by atoms with Crippen LogP contribution in [0, 0.1) is 12.8 Å². The van der Waals surface area contributed by atoms with E-state index in [1.807, 2.05) is 6.92 Å². The zero-order valence-corrected chi connectivity index (χ0v) is 9.71. The summed E-state index contributed by atoms with van der Waals surface area (Å²) in [5.41, 5.74) is 2.06. The molecule has 2 atom stereocenters. The van der Waals surface area contributed by atoms with Crippen molar-refractivity contribution in [1.82, 2.24) is 20.8 Å². The largest absolute Gasteiger partial charge is 0.352 e. The SMILES string of the molecule is Cc1[nH]ncc1CNC(=O)C1CCNC1C. The first-order valence-electron chi connectivity index (χ1n) is 5.68. The highest BCUT2D eigenvalue weighted by Crippen LogP contribution is 2.15. The van der Waals surface area contributed by atoms with Crippen molar-refractivity contribution < 1.29 is 4.79 Å². The highest BCUT2D eigenvalue weighted by atomic mass is 16.1. The molecule has 2 heterocycles. The normalized spacial score (nSPS) is 24.6. The lowest BCUT2D eigenvalue weighted by Crippen LogP contribution is -2.36. The molecule has 1 fully saturated rings. The number of H-pyrrole nitrogens is 1. The van der Waals surface area contributed by atoms with Gasteiger partial charge < -0.3 is 10.6 Å². The molecule has 2 unspecified atom stereocenters. The van der Waals surface area contributed by atoms with Crippen molar-refractivity contribution in [3.8, 4) is 0 Å². The predicted molar refractivity (Wildman–Crippen MR) is 60.7 cm³/mol. The van der Waals surface area contributed by atoms with E-state index in [2.05, 4.69) is 27.8 Å². The third-order valence-electron chi connectivity index (χ3n) is 3.25. The van der Waals surface area contributed by atoms with Crippen LogP contribution >= 0.6 is 0 Å². The molecule has 5 heteroatoms. The fourth-order valence-corrected chi connectivity index (χ4v) is 2.08. The first kappa shape index (κ1) is 11.1. The fraction of sp³-hybridized carbons (Fsp3) is 0.636. The number of nitrogens with zero attached hydrogens (tertiary/aromatic N) is 1. The van der Waals surface area contributed by atoms with Crippen molar-refractivity contribution in [2.45, 2.75) is 32.9 Å². The van der Waals surface area contributed by atoms with Gasteiger partial charge in [-0.05, 0) is 26.8 Å². The minimum atomic E-state index is 0.104. The molecule has 0 saturated carbocycles. The molecular formula is C11H18N4O. The molecule has 0 radical (unpaired) electrons. The van der Waals surface area contributed by atoms with Crippen LogP contribution in [0.5, 0.6) is 0 Å². The van der Waals surface area contributed by atoms with Crippen molar-refractivity contribution in [3.05, 3.63) is 17.5 Å². The maximum absolute atomic E-state index is 11.9. The maximum atomic E-state index is 11.9. The lowest BCUT2D eigenvalue weighted by molar-refractivity contribution is -0.125. The summed E-state index contributed by atoms with van der Waals surface area (Å²) in [5.74, 6) is 0.241. The molecule has 5 nitrogen and oxygen atoms in total. The molecule has 1 aromatic heterocycles. The molecule has 0 bridgehead atoms. The summed E-state index contributed by atoms with van der Waals surface area (Å²) >= 11 is 0. The van der Waals surface area contributed by atoms with E-state index < -0.39 is 0 Å². The average Bonchev–Trinajstić information content (AvgIpc) is 2.84. The van der Waals surface area contributed by atoms with E-state index in [0.717, 1.165) is 24.2 Å². The van der Waals surface area contributed by atoms with Crippen LogP contribution in [0.25, 0.3) is 0 Å². The Morgan fingerprint density at radius 3 is 3.06 bits per heavy atom. The van der Waals surface area contributed by atoms with E-state index in [0.29, 0.717) is 6.54 Å². The van der Waals surface area contributed by atoms with Crippen LogP contribution in [0.4, 0.5) is 0 Å². The van der Waals surface area contributed by atoms with Gasteiger partial charge in [-0.25, -0.2) is 0 Å². The van der Waals surface area contributed by atoms with Crippen molar-refractivity contribution in [2.75, 3.05) is 6.54 Å². The van der Waals surface area contributed by atoms with E-state index >= 15 is 0 Å². The quantitative estimate of drug-likeness (QED) is 0.690. The summed E-state index contributed by atoms with van der Waals surface area (Å²) in [4.78, 5) is 11.9. The third-order valence-corrected chi connectivity index (χ3v) is 3.25. The first-order chi connectivity index (χ1) is 7.68. The lowest BCUT2D eigenvalue weighted by atomic mass is 10.0. The third kappa shape index (κ3) is 2.24. The standard InChI is InChI=1S/C11H18N4O/c1-7-9(6-14-15-7)5-13-11(16)10-3-4-12-8(10)2/h6,8,10,12H,3-5H2,1-2H3,(H,13,16)(H,14,15). The van der Waals surface area contributed by atoms with Crippen LogP contribution in [0.2, 0.25) is 0 Å². The van der Waals surface area contributed by atoms with Gasteiger partial charge in [0.1, 0.15) is 0 Å². The average molecular weight is 222 g/mol. The number of carbonyl (C=O) groups excluding carboxylic acids is 1. The smallest absolute Gasteiger partial charge is 0.224 e. The van der Waals surface area contributed by atoms with E-state index in [4.69, 9.17) is 0 Å². The first-order valence-corrected chi connectivity index (χ1v) is 5.68. The zero-order chi connectivity index (χ0) is 11.5. The van der Waals surface area contributed by atoms with Gasteiger partial charge in [-0.3, -0.25) is 9.89 Å². The second kappa shape index (κ2) is 4.65. The Balaban J connectivity index is 1.86. The van der Waals surface area contributed by atoms with Crippen molar-refractivity contribution in [3.63, 3.8) is 0 Å². The molecule has 1 aliphatic rings. The molecule has 1 aromatic rings. The van der Waals surface area contributed by atoms with Crippen LogP contribution < -0.4 is 10.6 Å². The Bertz CT molecular complexity index is 374. The van der Waals surface area contributed by atoms with Gasteiger partial charge in [0.2, 0.25) is 5.91 Å². The Kier molecular flexibility index (Phi) is 3.24. The second-order valence-electron chi connectivity index (χ2n) is 4.38. The number of rotatable bonds is 3. The van der Waals surface area contributed by atoms with Crippen LogP contribution in [-0.2, 0) is 11.3 Å². The van der Waals surface area contributed by atoms with Gasteiger partial charge in [-0.15, -0.1) is 0 Å². The minimum absolute atomic E-state index is 0.104. The Morgan fingerprint density at radius 1 is 1.69 bits per heavy atom. The molecule has 3 N–H and O–H groups in total. The van der Waals surface area contributed by atoms with Crippen LogP contribution in [0.3, 0.4) is 0 Å². The number of amides is 1. The Labute approximate surface area is 95.0 Å².